The lowest BCUT2D eigenvalue weighted by molar-refractivity contribution is -0.122. The van der Waals surface area contributed by atoms with Crippen LogP contribution in [0, 0.1) is 0 Å². The summed E-state index contributed by atoms with van der Waals surface area (Å²) >= 11 is 0. The summed E-state index contributed by atoms with van der Waals surface area (Å²) < 4.78 is 10.9. The number of hydrogen-bond donors (Lipinski definition) is 1. The van der Waals surface area contributed by atoms with E-state index in [0.29, 0.717) is 0 Å². The first kappa shape index (κ1) is 22.8. The van der Waals surface area contributed by atoms with E-state index in [2.05, 4.69) is 15.1 Å². The molecule has 0 aromatic heterocycles. The number of benzene rings is 3. The molecule has 1 heterocycles. The largest absolute Gasteiger partial charge is 0.497 e. The van der Waals surface area contributed by atoms with Crippen LogP contribution in [0.25, 0.3) is 0 Å². The third-order valence-corrected chi connectivity index (χ3v) is 6.06. The molecule has 172 valence electrons. The molecule has 0 saturated carbocycles. The fraction of sp³-hybridized carbons (Fsp3) is 0.296. The van der Waals surface area contributed by atoms with Crippen LogP contribution in [-0.4, -0.2) is 56.1 Å². The number of nitrogens with one attached hydrogen (secondary N) is 1. The second kappa shape index (κ2) is 11.0. The van der Waals surface area contributed by atoms with Crippen molar-refractivity contribution in [2.75, 3.05) is 45.7 Å². The van der Waals surface area contributed by atoms with E-state index in [4.69, 9.17) is 9.47 Å². The van der Waals surface area contributed by atoms with Gasteiger partial charge in [-0.1, -0.05) is 48.5 Å². The number of methoxy groups -OCH3 is 2. The summed E-state index contributed by atoms with van der Waals surface area (Å²) in [6.45, 7) is 4.10. The first-order chi connectivity index (χ1) is 16.2. The van der Waals surface area contributed by atoms with Gasteiger partial charge in [0.2, 0.25) is 5.91 Å². The summed E-state index contributed by atoms with van der Waals surface area (Å²) in [6, 6.07) is 25.2. The van der Waals surface area contributed by atoms with Gasteiger partial charge in [0.25, 0.3) is 0 Å². The predicted octanol–water partition coefficient (Wildman–Crippen LogP) is 4.20. The van der Waals surface area contributed by atoms with Crippen LogP contribution in [0.5, 0.6) is 11.5 Å². The molecule has 0 spiro atoms. The average molecular weight is 446 g/mol. The Labute approximate surface area is 195 Å². The van der Waals surface area contributed by atoms with E-state index in [1.165, 1.54) is 0 Å². The molecule has 0 bridgehead atoms. The number of amides is 1. The maximum Gasteiger partial charge on any atom is 0.246 e. The molecule has 0 radical (unpaired) electrons. The third-order valence-electron chi connectivity index (χ3n) is 6.06. The van der Waals surface area contributed by atoms with E-state index < -0.39 is 0 Å². The fourth-order valence-corrected chi connectivity index (χ4v) is 4.32. The standard InChI is InChI=1S/C27H31N3O3/c1-32-24-13-14-25(33-2)22(19-24)20-29-15-17-30(18-16-29)26(21-9-5-3-6-10-21)27(31)28-23-11-7-4-8-12-23/h3-14,19,26H,15-18,20H2,1-2H3,(H,28,31)/t26-/m0/s1. The molecule has 3 aromatic carbocycles. The zero-order chi connectivity index (χ0) is 23.0. The molecule has 1 aliphatic rings. The topological polar surface area (TPSA) is 54.0 Å². The summed E-state index contributed by atoms with van der Waals surface area (Å²) in [4.78, 5) is 18.0. The van der Waals surface area contributed by atoms with Crippen LogP contribution in [0.3, 0.4) is 0 Å². The molecular weight excluding hydrogens is 414 g/mol. The highest BCUT2D eigenvalue weighted by molar-refractivity contribution is 5.95. The van der Waals surface area contributed by atoms with Crippen LogP contribution in [0.4, 0.5) is 5.69 Å². The van der Waals surface area contributed by atoms with E-state index >= 15 is 0 Å². The van der Waals surface area contributed by atoms with Gasteiger partial charge in [0.15, 0.2) is 0 Å². The second-order valence-electron chi connectivity index (χ2n) is 8.16. The monoisotopic (exact) mass is 445 g/mol. The SMILES string of the molecule is COc1ccc(OC)c(CN2CCN([C@H](C(=O)Nc3ccccc3)c3ccccc3)CC2)c1. The Bertz CT molecular complexity index is 1030. The molecule has 4 rings (SSSR count). The van der Waals surface area contributed by atoms with E-state index in [-0.39, 0.29) is 11.9 Å². The van der Waals surface area contributed by atoms with E-state index in [1.54, 1.807) is 14.2 Å². The lowest BCUT2D eigenvalue weighted by atomic mass is 10.0. The molecule has 1 fully saturated rings. The first-order valence-electron chi connectivity index (χ1n) is 11.3. The van der Waals surface area contributed by atoms with Crippen molar-refractivity contribution in [3.63, 3.8) is 0 Å². The van der Waals surface area contributed by atoms with Crippen LogP contribution < -0.4 is 14.8 Å². The Balaban J connectivity index is 1.46. The van der Waals surface area contributed by atoms with Crippen molar-refractivity contribution in [2.24, 2.45) is 0 Å². The Morgan fingerprint density at radius 1 is 0.879 bits per heavy atom. The molecule has 1 atom stereocenters. The van der Waals surface area contributed by atoms with Crippen LogP contribution in [-0.2, 0) is 11.3 Å². The third kappa shape index (κ3) is 5.72. The fourth-order valence-electron chi connectivity index (χ4n) is 4.32. The Morgan fingerprint density at radius 2 is 1.55 bits per heavy atom. The van der Waals surface area contributed by atoms with Crippen molar-refractivity contribution in [3.8, 4) is 11.5 Å². The van der Waals surface area contributed by atoms with Gasteiger partial charge in [-0.2, -0.15) is 0 Å². The molecule has 1 N–H and O–H groups in total. The maximum absolute atomic E-state index is 13.3. The smallest absolute Gasteiger partial charge is 0.246 e. The van der Waals surface area contributed by atoms with Gasteiger partial charge in [-0.3, -0.25) is 14.6 Å². The molecule has 0 aliphatic carbocycles. The van der Waals surface area contributed by atoms with Gasteiger partial charge in [-0.25, -0.2) is 0 Å². The summed E-state index contributed by atoms with van der Waals surface area (Å²) in [6.07, 6.45) is 0. The van der Waals surface area contributed by atoms with E-state index in [0.717, 1.165) is 61.0 Å². The van der Waals surface area contributed by atoms with Crippen molar-refractivity contribution in [2.45, 2.75) is 12.6 Å². The minimum Gasteiger partial charge on any atom is -0.497 e. The number of anilines is 1. The quantitative estimate of drug-likeness (QED) is 0.563. The Hall–Kier alpha value is -3.35. The predicted molar refractivity (Wildman–Crippen MR) is 131 cm³/mol. The molecule has 0 unspecified atom stereocenters. The van der Waals surface area contributed by atoms with Crippen LogP contribution in [0.15, 0.2) is 78.9 Å². The highest BCUT2D eigenvalue weighted by Gasteiger charge is 2.30. The van der Waals surface area contributed by atoms with Crippen LogP contribution >= 0.6 is 0 Å². The lowest BCUT2D eigenvalue weighted by Crippen LogP contribution is -2.49. The molecule has 1 saturated heterocycles. The van der Waals surface area contributed by atoms with Crippen molar-refractivity contribution in [1.29, 1.82) is 0 Å². The lowest BCUT2D eigenvalue weighted by Gasteiger charge is -2.39. The van der Waals surface area contributed by atoms with Gasteiger partial charge in [0.1, 0.15) is 17.5 Å². The molecule has 3 aromatic rings. The number of nitrogens with zero attached hydrogens (tertiary/aromatic N) is 2. The zero-order valence-electron chi connectivity index (χ0n) is 19.2. The van der Waals surface area contributed by atoms with Crippen molar-refractivity contribution < 1.29 is 14.3 Å². The molecular formula is C27H31N3O3. The van der Waals surface area contributed by atoms with Gasteiger partial charge in [-0.15, -0.1) is 0 Å². The normalized spacial score (nSPS) is 15.6. The average Bonchev–Trinajstić information content (AvgIpc) is 2.86. The molecule has 6 nitrogen and oxygen atoms in total. The number of rotatable bonds is 8. The molecule has 1 amide bonds. The van der Waals surface area contributed by atoms with Gasteiger partial charge >= 0.3 is 0 Å². The number of carbonyl (C=O) groups is 1. The van der Waals surface area contributed by atoms with Gasteiger partial charge in [0.05, 0.1) is 14.2 Å². The minimum absolute atomic E-state index is 0.00434. The van der Waals surface area contributed by atoms with Gasteiger partial charge in [0, 0.05) is 44.0 Å². The summed E-state index contributed by atoms with van der Waals surface area (Å²) in [5.41, 5.74) is 2.92. The van der Waals surface area contributed by atoms with E-state index in [1.807, 2.05) is 78.9 Å². The van der Waals surface area contributed by atoms with E-state index in [9.17, 15) is 4.79 Å². The van der Waals surface area contributed by atoms with Crippen LogP contribution in [0.1, 0.15) is 17.2 Å². The number of carbonyl (C=O) groups excluding carboxylic acids is 1. The van der Waals surface area contributed by atoms with Crippen LogP contribution in [0.2, 0.25) is 0 Å². The Morgan fingerprint density at radius 3 is 2.18 bits per heavy atom. The summed E-state index contributed by atoms with van der Waals surface area (Å²) in [5, 5.41) is 3.09. The van der Waals surface area contributed by atoms with Gasteiger partial charge in [-0.05, 0) is 35.9 Å². The zero-order valence-corrected chi connectivity index (χ0v) is 19.2. The highest BCUT2D eigenvalue weighted by Crippen LogP contribution is 2.28. The highest BCUT2D eigenvalue weighted by atomic mass is 16.5. The summed E-state index contributed by atoms with van der Waals surface area (Å²) in [5.74, 6) is 1.68. The first-order valence-corrected chi connectivity index (χ1v) is 11.3. The molecule has 33 heavy (non-hydrogen) atoms. The maximum atomic E-state index is 13.3. The molecule has 1 aliphatic heterocycles. The number of para-hydroxylation sites is 1. The van der Waals surface area contributed by atoms with Crippen molar-refractivity contribution in [3.05, 3.63) is 90.0 Å². The minimum atomic E-state index is -0.333. The Kier molecular flexibility index (Phi) is 7.60. The van der Waals surface area contributed by atoms with Crippen molar-refractivity contribution >= 4 is 11.6 Å². The number of hydrogen-bond acceptors (Lipinski definition) is 5. The number of piperazine rings is 1. The van der Waals surface area contributed by atoms with Crippen molar-refractivity contribution in [1.82, 2.24) is 9.80 Å². The number of ether oxygens (including phenoxy) is 2. The molecule has 6 heteroatoms. The second-order valence-corrected chi connectivity index (χ2v) is 8.16. The van der Waals surface area contributed by atoms with Gasteiger partial charge < -0.3 is 14.8 Å². The summed E-state index contributed by atoms with van der Waals surface area (Å²) in [7, 11) is 3.37.